The van der Waals surface area contributed by atoms with Crippen molar-refractivity contribution < 1.29 is 9.59 Å². The Labute approximate surface area is 175 Å². The van der Waals surface area contributed by atoms with Crippen LogP contribution in [0.1, 0.15) is 61.0 Å². The molecule has 3 N–H and O–H groups in total. The molecule has 1 fully saturated rings. The molecule has 0 aromatic heterocycles. The van der Waals surface area contributed by atoms with Gasteiger partial charge in [0.1, 0.15) is 0 Å². The maximum atomic E-state index is 12.3. The third-order valence-corrected chi connectivity index (χ3v) is 6.67. The molecule has 1 saturated carbocycles. The fourth-order valence-electron chi connectivity index (χ4n) is 4.75. The van der Waals surface area contributed by atoms with Gasteiger partial charge in [-0.1, -0.05) is 26.0 Å². The van der Waals surface area contributed by atoms with Gasteiger partial charge in [0, 0.05) is 37.7 Å². The van der Waals surface area contributed by atoms with Gasteiger partial charge in [0.25, 0.3) is 0 Å². The molecule has 0 spiro atoms. The van der Waals surface area contributed by atoms with Crippen molar-refractivity contribution in [2.24, 2.45) is 23.5 Å². The highest BCUT2D eigenvalue weighted by Gasteiger charge is 2.24. The SMILES string of the molecule is CC(C)C(=O)c1ccc2c(c1)CCN(CC1CCC(CNC(=O)CN)CC1)CC2. The van der Waals surface area contributed by atoms with Crippen molar-refractivity contribution >= 4 is 11.7 Å². The lowest BCUT2D eigenvalue weighted by Gasteiger charge is -2.32. The molecule has 0 saturated heterocycles. The summed E-state index contributed by atoms with van der Waals surface area (Å²) in [6.45, 7) is 8.16. The first-order valence-corrected chi connectivity index (χ1v) is 11.3. The first-order valence-electron chi connectivity index (χ1n) is 11.3. The van der Waals surface area contributed by atoms with Gasteiger partial charge in [-0.05, 0) is 67.6 Å². The quantitative estimate of drug-likeness (QED) is 0.692. The fraction of sp³-hybridized carbons (Fsp3) is 0.667. The van der Waals surface area contributed by atoms with Gasteiger partial charge < -0.3 is 16.0 Å². The van der Waals surface area contributed by atoms with Crippen molar-refractivity contribution in [2.45, 2.75) is 52.4 Å². The third kappa shape index (κ3) is 6.13. The lowest BCUT2D eigenvalue weighted by molar-refractivity contribution is -0.119. The second kappa shape index (κ2) is 10.4. The number of hydrogen-bond acceptors (Lipinski definition) is 4. The van der Waals surface area contributed by atoms with Gasteiger partial charge >= 0.3 is 0 Å². The van der Waals surface area contributed by atoms with Crippen LogP contribution in [0.25, 0.3) is 0 Å². The zero-order valence-corrected chi connectivity index (χ0v) is 18.1. The van der Waals surface area contributed by atoms with Crippen LogP contribution in [0.2, 0.25) is 0 Å². The summed E-state index contributed by atoms with van der Waals surface area (Å²) in [6, 6.07) is 6.33. The molecule has 29 heavy (non-hydrogen) atoms. The number of ketones is 1. The van der Waals surface area contributed by atoms with Crippen molar-refractivity contribution in [1.29, 1.82) is 0 Å². The maximum absolute atomic E-state index is 12.3. The van der Waals surface area contributed by atoms with Crippen LogP contribution in [-0.4, -0.2) is 49.3 Å². The molecule has 1 aromatic carbocycles. The van der Waals surface area contributed by atoms with E-state index in [1.165, 1.54) is 43.4 Å². The molecule has 5 nitrogen and oxygen atoms in total. The second-order valence-electron chi connectivity index (χ2n) is 9.20. The van der Waals surface area contributed by atoms with E-state index >= 15 is 0 Å². The van der Waals surface area contributed by atoms with Gasteiger partial charge in [-0.3, -0.25) is 9.59 Å². The number of carbonyl (C=O) groups excluding carboxylic acids is 2. The highest BCUT2D eigenvalue weighted by Crippen LogP contribution is 2.30. The first kappa shape index (κ1) is 22.0. The molecule has 1 aliphatic heterocycles. The number of Topliss-reactive ketones (excluding diaryl/α,β-unsaturated/α-hetero) is 1. The summed E-state index contributed by atoms with van der Waals surface area (Å²) < 4.78 is 0. The first-order chi connectivity index (χ1) is 14.0. The lowest BCUT2D eigenvalue weighted by Crippen LogP contribution is -2.37. The topological polar surface area (TPSA) is 75.4 Å². The van der Waals surface area contributed by atoms with Crippen LogP contribution in [0.4, 0.5) is 0 Å². The minimum Gasteiger partial charge on any atom is -0.355 e. The number of carbonyl (C=O) groups is 2. The van der Waals surface area contributed by atoms with Crippen LogP contribution in [0.3, 0.4) is 0 Å². The predicted octanol–water partition coefficient (Wildman–Crippen LogP) is 2.81. The van der Waals surface area contributed by atoms with E-state index in [9.17, 15) is 9.59 Å². The van der Waals surface area contributed by atoms with E-state index in [4.69, 9.17) is 5.73 Å². The minimum absolute atomic E-state index is 0.0468. The molecule has 0 atom stereocenters. The van der Waals surface area contributed by atoms with Gasteiger partial charge in [0.2, 0.25) is 5.91 Å². The molecule has 1 heterocycles. The fourth-order valence-corrected chi connectivity index (χ4v) is 4.75. The van der Waals surface area contributed by atoms with E-state index in [1.54, 1.807) is 0 Å². The molecular weight excluding hydrogens is 362 g/mol. The van der Waals surface area contributed by atoms with Gasteiger partial charge in [0.15, 0.2) is 5.78 Å². The number of fused-ring (bicyclic) bond motifs is 1. The number of amides is 1. The van der Waals surface area contributed by atoms with E-state index in [2.05, 4.69) is 22.3 Å². The summed E-state index contributed by atoms with van der Waals surface area (Å²) in [4.78, 5) is 26.3. The average molecular weight is 400 g/mol. The molecule has 0 radical (unpaired) electrons. The molecule has 1 aliphatic carbocycles. The Morgan fingerprint density at radius 1 is 1.07 bits per heavy atom. The van der Waals surface area contributed by atoms with Crippen LogP contribution < -0.4 is 11.1 Å². The van der Waals surface area contributed by atoms with Crippen LogP contribution in [0, 0.1) is 17.8 Å². The molecule has 1 amide bonds. The number of hydrogen-bond donors (Lipinski definition) is 2. The lowest BCUT2D eigenvalue weighted by atomic mass is 9.81. The van der Waals surface area contributed by atoms with Gasteiger partial charge in [-0.25, -0.2) is 0 Å². The van der Waals surface area contributed by atoms with E-state index in [-0.39, 0.29) is 24.2 Å². The van der Waals surface area contributed by atoms with E-state index < -0.39 is 0 Å². The Kier molecular flexibility index (Phi) is 7.84. The highest BCUT2D eigenvalue weighted by molar-refractivity contribution is 5.97. The number of nitrogens with zero attached hydrogens (tertiary/aromatic N) is 1. The van der Waals surface area contributed by atoms with Gasteiger partial charge in [-0.15, -0.1) is 0 Å². The molecule has 160 valence electrons. The molecule has 2 aliphatic rings. The van der Waals surface area contributed by atoms with Crippen LogP contribution in [-0.2, 0) is 17.6 Å². The molecule has 0 bridgehead atoms. The Morgan fingerprint density at radius 3 is 2.38 bits per heavy atom. The number of nitrogens with two attached hydrogens (primary N) is 1. The average Bonchev–Trinajstić information content (AvgIpc) is 2.94. The van der Waals surface area contributed by atoms with Crippen molar-refractivity contribution in [3.05, 3.63) is 34.9 Å². The monoisotopic (exact) mass is 399 g/mol. The zero-order valence-electron chi connectivity index (χ0n) is 18.1. The summed E-state index contributed by atoms with van der Waals surface area (Å²) in [6.07, 6.45) is 7.01. The van der Waals surface area contributed by atoms with Crippen molar-refractivity contribution in [1.82, 2.24) is 10.2 Å². The highest BCUT2D eigenvalue weighted by atomic mass is 16.1. The van der Waals surface area contributed by atoms with Gasteiger partial charge in [-0.2, -0.15) is 0 Å². The third-order valence-electron chi connectivity index (χ3n) is 6.67. The van der Waals surface area contributed by atoms with E-state index in [0.717, 1.165) is 44.0 Å². The van der Waals surface area contributed by atoms with Crippen LogP contribution in [0.15, 0.2) is 18.2 Å². The van der Waals surface area contributed by atoms with Crippen LogP contribution >= 0.6 is 0 Å². The van der Waals surface area contributed by atoms with Gasteiger partial charge in [0.05, 0.1) is 6.54 Å². The van der Waals surface area contributed by atoms with Crippen LogP contribution in [0.5, 0.6) is 0 Å². The summed E-state index contributed by atoms with van der Waals surface area (Å²) >= 11 is 0. The summed E-state index contributed by atoms with van der Waals surface area (Å²) in [7, 11) is 0. The summed E-state index contributed by atoms with van der Waals surface area (Å²) in [5.41, 5.74) is 9.00. The second-order valence-corrected chi connectivity index (χ2v) is 9.20. The molecule has 1 aromatic rings. The standard InChI is InChI=1S/C24H37N3O2/c1-17(2)24(29)22-8-7-20-9-11-27(12-10-21(20)13-22)16-19-5-3-18(4-6-19)15-26-23(28)14-25/h7-8,13,17-19H,3-6,9-12,14-16,25H2,1-2H3,(H,26,28). The van der Waals surface area contributed by atoms with E-state index in [1.807, 2.05) is 19.9 Å². The normalized spacial score (nSPS) is 22.8. The summed E-state index contributed by atoms with van der Waals surface area (Å²) in [5.74, 6) is 1.61. The predicted molar refractivity (Wildman–Crippen MR) is 117 cm³/mol. The number of benzene rings is 1. The Balaban J connectivity index is 1.47. The summed E-state index contributed by atoms with van der Waals surface area (Å²) in [5, 5.41) is 2.94. The van der Waals surface area contributed by atoms with Crippen molar-refractivity contribution in [3.63, 3.8) is 0 Å². The Hall–Kier alpha value is -1.72. The van der Waals surface area contributed by atoms with Crippen molar-refractivity contribution in [3.8, 4) is 0 Å². The minimum atomic E-state index is -0.0468. The number of rotatable bonds is 7. The molecular formula is C24H37N3O2. The van der Waals surface area contributed by atoms with E-state index in [0.29, 0.717) is 5.92 Å². The molecule has 3 rings (SSSR count). The Bertz CT molecular complexity index is 708. The largest absolute Gasteiger partial charge is 0.355 e. The molecule has 5 heteroatoms. The maximum Gasteiger partial charge on any atom is 0.233 e. The number of nitrogens with one attached hydrogen (secondary N) is 1. The smallest absolute Gasteiger partial charge is 0.233 e. The zero-order chi connectivity index (χ0) is 20.8. The van der Waals surface area contributed by atoms with Crippen molar-refractivity contribution in [2.75, 3.05) is 32.7 Å². The Morgan fingerprint density at radius 2 is 1.72 bits per heavy atom. The molecule has 0 unspecified atom stereocenters.